The van der Waals surface area contributed by atoms with Crippen molar-refractivity contribution < 1.29 is 23.1 Å². The maximum Gasteiger partial charge on any atom is 0.308 e. The molecule has 224 valence electrons. The highest BCUT2D eigenvalue weighted by Gasteiger charge is 2.44. The van der Waals surface area contributed by atoms with E-state index in [2.05, 4.69) is 21.4 Å². The summed E-state index contributed by atoms with van der Waals surface area (Å²) in [6, 6.07) is 7.30. The number of halogens is 2. The van der Waals surface area contributed by atoms with Crippen LogP contribution in [0.4, 0.5) is 14.5 Å². The topological polar surface area (TPSA) is 107 Å². The Balaban J connectivity index is 1.46. The van der Waals surface area contributed by atoms with Crippen molar-refractivity contribution in [1.29, 1.82) is 0 Å². The molecular formula is C34H36F2N4O3. The Labute approximate surface area is 250 Å². The van der Waals surface area contributed by atoms with Gasteiger partial charge < -0.3 is 15.8 Å². The number of esters is 1. The zero-order valence-electron chi connectivity index (χ0n) is 24.6. The molecule has 4 bridgehead atoms. The van der Waals surface area contributed by atoms with E-state index in [9.17, 15) is 9.59 Å². The van der Waals surface area contributed by atoms with Crippen LogP contribution in [0.15, 0.2) is 48.8 Å². The number of nitrogens with one attached hydrogen (secondary N) is 1. The molecular weight excluding hydrogens is 550 g/mol. The number of aromatic nitrogens is 2. The number of nitrogens with zero attached hydrogens (tertiary/aromatic N) is 2. The van der Waals surface area contributed by atoms with Crippen LogP contribution in [-0.2, 0) is 9.53 Å². The van der Waals surface area contributed by atoms with Crippen molar-refractivity contribution >= 4 is 23.1 Å². The molecule has 2 aromatic heterocycles. The van der Waals surface area contributed by atoms with E-state index in [-0.39, 0.29) is 58.6 Å². The van der Waals surface area contributed by atoms with Gasteiger partial charge in [-0.1, -0.05) is 19.1 Å². The molecule has 1 aromatic carbocycles. The number of carbonyl (C=O) groups is 2. The average molecular weight is 587 g/mol. The number of nitrogens with two attached hydrogens (primary N) is 1. The Kier molecular flexibility index (Phi) is 7.85. The molecule has 6 rings (SSSR count). The van der Waals surface area contributed by atoms with Gasteiger partial charge in [0.1, 0.15) is 23.0 Å². The molecule has 0 spiro atoms. The van der Waals surface area contributed by atoms with Crippen LogP contribution in [-0.4, -0.2) is 35.0 Å². The Morgan fingerprint density at radius 3 is 2.74 bits per heavy atom. The zero-order chi connectivity index (χ0) is 30.4. The summed E-state index contributed by atoms with van der Waals surface area (Å²) in [5.74, 6) is -2.27. The van der Waals surface area contributed by atoms with Crippen LogP contribution in [0.3, 0.4) is 0 Å². The summed E-state index contributed by atoms with van der Waals surface area (Å²) in [7, 11) is 1.42. The van der Waals surface area contributed by atoms with E-state index < -0.39 is 17.5 Å². The number of hydrogen-bond acceptors (Lipinski definition) is 6. The third-order valence-corrected chi connectivity index (χ3v) is 9.51. The van der Waals surface area contributed by atoms with E-state index >= 15 is 8.78 Å². The molecule has 7 nitrogen and oxygen atoms in total. The third kappa shape index (κ3) is 5.46. The second kappa shape index (κ2) is 11.6. The van der Waals surface area contributed by atoms with Gasteiger partial charge in [0.15, 0.2) is 0 Å². The number of ether oxygens (including phenoxy) is 1. The Bertz CT molecular complexity index is 1620. The van der Waals surface area contributed by atoms with E-state index in [1.165, 1.54) is 19.2 Å². The molecule has 1 saturated carbocycles. The summed E-state index contributed by atoms with van der Waals surface area (Å²) < 4.78 is 36.0. The van der Waals surface area contributed by atoms with Crippen molar-refractivity contribution in [2.45, 2.75) is 57.9 Å². The number of anilines is 1. The Morgan fingerprint density at radius 2 is 1.98 bits per heavy atom. The molecule has 3 heterocycles. The van der Waals surface area contributed by atoms with Crippen LogP contribution in [0.25, 0.3) is 16.8 Å². The largest absolute Gasteiger partial charge is 0.469 e. The normalized spacial score (nSPS) is 25.3. The smallest absolute Gasteiger partial charge is 0.308 e. The lowest BCUT2D eigenvalue weighted by molar-refractivity contribution is -0.149. The minimum absolute atomic E-state index is 0.0263. The minimum atomic E-state index is -0.707. The summed E-state index contributed by atoms with van der Waals surface area (Å²) in [5.41, 5.74) is 10.4. The van der Waals surface area contributed by atoms with Crippen LogP contribution in [0, 0.1) is 42.2 Å². The van der Waals surface area contributed by atoms with Crippen LogP contribution in [0.1, 0.15) is 72.1 Å². The highest BCUT2D eigenvalue weighted by Crippen LogP contribution is 2.51. The standard InChI is InChI=1S/C34H36F2N4O3/c1-4-21(34(42)43-3)30-19-6-5-18-14-23(18)24-11-17(2)12-26(36)31(24)32-25(35)7-8-28(39-32)33(41)40-29-16-38-10-9-22(29)20(13-19)15-27(30)37/h7-12,14,16,18-21,27,30H,4-6,13,15,37H2,1-3H3,(H,40,41). The maximum absolute atomic E-state index is 15.6. The predicted molar refractivity (Wildman–Crippen MR) is 160 cm³/mol. The number of pyridine rings is 2. The van der Waals surface area contributed by atoms with Gasteiger partial charge in [-0.25, -0.2) is 13.8 Å². The van der Waals surface area contributed by atoms with Crippen molar-refractivity contribution in [2.24, 2.45) is 29.4 Å². The van der Waals surface area contributed by atoms with Gasteiger partial charge >= 0.3 is 5.97 Å². The lowest BCUT2D eigenvalue weighted by atomic mass is 9.63. The van der Waals surface area contributed by atoms with E-state index in [4.69, 9.17) is 10.5 Å². The number of fused-ring (bicyclic) bond motifs is 10. The van der Waals surface area contributed by atoms with Crippen molar-refractivity contribution in [1.82, 2.24) is 9.97 Å². The molecule has 0 radical (unpaired) electrons. The molecule has 3 N–H and O–H groups in total. The SMILES string of the molecule is CCC(C(=O)OC)C1C(N)CC2CC1CCC1C=C1c1cc(C)cc(F)c1-c1nc(ccc1F)C(=O)Nc1cnccc12. The predicted octanol–water partition coefficient (Wildman–Crippen LogP) is 6.43. The molecule has 6 atom stereocenters. The molecule has 3 aliphatic rings. The molecule has 9 heteroatoms. The molecule has 6 unspecified atom stereocenters. The lowest BCUT2D eigenvalue weighted by Crippen LogP contribution is -2.47. The fourth-order valence-electron chi connectivity index (χ4n) is 7.49. The molecule has 1 amide bonds. The van der Waals surface area contributed by atoms with Gasteiger partial charge in [-0.2, -0.15) is 0 Å². The van der Waals surface area contributed by atoms with Crippen molar-refractivity contribution in [2.75, 3.05) is 12.4 Å². The van der Waals surface area contributed by atoms with Crippen molar-refractivity contribution in [3.05, 3.63) is 82.8 Å². The second-order valence-corrected chi connectivity index (χ2v) is 12.1. The molecule has 43 heavy (non-hydrogen) atoms. The summed E-state index contributed by atoms with van der Waals surface area (Å²) in [6.07, 6.45) is 8.99. The van der Waals surface area contributed by atoms with Gasteiger partial charge in [0.05, 0.1) is 24.9 Å². The van der Waals surface area contributed by atoms with Gasteiger partial charge in [-0.15, -0.1) is 0 Å². The van der Waals surface area contributed by atoms with Crippen LogP contribution in [0.5, 0.6) is 0 Å². The number of amides is 1. The number of carbonyl (C=O) groups excluding carboxylic acids is 2. The fourth-order valence-corrected chi connectivity index (χ4v) is 7.49. The van der Waals surface area contributed by atoms with E-state index in [0.29, 0.717) is 29.7 Å². The van der Waals surface area contributed by atoms with Crippen molar-refractivity contribution in [3.63, 3.8) is 0 Å². The number of allylic oxidation sites excluding steroid dienone is 2. The quantitative estimate of drug-likeness (QED) is 0.343. The summed E-state index contributed by atoms with van der Waals surface area (Å²) in [4.78, 5) is 35.0. The molecule has 2 aliphatic carbocycles. The maximum atomic E-state index is 15.6. The van der Waals surface area contributed by atoms with Gasteiger partial charge in [0.25, 0.3) is 5.91 Å². The second-order valence-electron chi connectivity index (χ2n) is 12.1. The number of hydrogen-bond donors (Lipinski definition) is 2. The monoisotopic (exact) mass is 586 g/mol. The summed E-state index contributed by atoms with van der Waals surface area (Å²) >= 11 is 0. The van der Waals surface area contributed by atoms with Crippen LogP contribution in [0.2, 0.25) is 0 Å². The van der Waals surface area contributed by atoms with Gasteiger partial charge in [0.2, 0.25) is 0 Å². The van der Waals surface area contributed by atoms with Gasteiger partial charge in [-0.3, -0.25) is 14.6 Å². The highest BCUT2D eigenvalue weighted by atomic mass is 19.1. The molecule has 3 aromatic rings. The summed E-state index contributed by atoms with van der Waals surface area (Å²) in [6.45, 7) is 3.79. The first kappa shape index (κ1) is 29.1. The first-order chi connectivity index (χ1) is 20.7. The number of aryl methyl sites for hydroxylation is 1. The molecule has 1 aliphatic heterocycles. The van der Waals surface area contributed by atoms with E-state index in [1.807, 2.05) is 19.1 Å². The Hall–Kier alpha value is -3.98. The Morgan fingerprint density at radius 1 is 1.16 bits per heavy atom. The fraction of sp³-hybridized carbons (Fsp3) is 0.412. The molecule has 0 saturated heterocycles. The van der Waals surface area contributed by atoms with Crippen LogP contribution < -0.4 is 11.1 Å². The minimum Gasteiger partial charge on any atom is -0.469 e. The first-order valence-corrected chi connectivity index (χ1v) is 15.0. The molecule has 1 fully saturated rings. The number of benzene rings is 1. The average Bonchev–Trinajstić information content (AvgIpc) is 3.77. The number of methoxy groups -OCH3 is 1. The lowest BCUT2D eigenvalue weighted by Gasteiger charge is -2.44. The van der Waals surface area contributed by atoms with Crippen LogP contribution >= 0.6 is 0 Å². The van der Waals surface area contributed by atoms with E-state index in [0.717, 1.165) is 36.5 Å². The highest BCUT2D eigenvalue weighted by molar-refractivity contribution is 6.03. The summed E-state index contributed by atoms with van der Waals surface area (Å²) in [5, 5.41) is 2.92. The first-order valence-electron chi connectivity index (χ1n) is 15.0. The number of rotatable bonds is 3. The van der Waals surface area contributed by atoms with Gasteiger partial charge in [-0.05, 0) is 103 Å². The zero-order valence-corrected chi connectivity index (χ0v) is 24.6. The van der Waals surface area contributed by atoms with Gasteiger partial charge in [0, 0.05) is 23.7 Å². The third-order valence-electron chi connectivity index (χ3n) is 9.51. The van der Waals surface area contributed by atoms with Crippen molar-refractivity contribution in [3.8, 4) is 11.3 Å². The van der Waals surface area contributed by atoms with E-state index in [1.54, 1.807) is 19.3 Å².